The second-order valence-electron chi connectivity index (χ2n) is 4.34. The van der Waals surface area contributed by atoms with Gasteiger partial charge in [0.1, 0.15) is 0 Å². The van der Waals surface area contributed by atoms with Gasteiger partial charge in [0.25, 0.3) is 0 Å². The lowest BCUT2D eigenvalue weighted by Crippen LogP contribution is -2.22. The van der Waals surface area contributed by atoms with Gasteiger partial charge in [-0.05, 0) is 64.5 Å². The summed E-state index contributed by atoms with van der Waals surface area (Å²) in [6.45, 7) is 2.91. The van der Waals surface area contributed by atoms with E-state index in [-0.39, 0.29) is 6.04 Å². The molecule has 5 heteroatoms. The predicted octanol–water partition coefficient (Wildman–Crippen LogP) is 5.95. The molecule has 1 unspecified atom stereocenters. The van der Waals surface area contributed by atoms with Gasteiger partial charge in [-0.3, -0.25) is 0 Å². The van der Waals surface area contributed by atoms with Crippen molar-refractivity contribution in [2.45, 2.75) is 13.0 Å². The van der Waals surface area contributed by atoms with E-state index >= 15 is 0 Å². The van der Waals surface area contributed by atoms with E-state index in [9.17, 15) is 0 Å². The zero-order valence-electron chi connectivity index (χ0n) is 10.8. The number of benzene rings is 2. The zero-order chi connectivity index (χ0) is 14.7. The van der Waals surface area contributed by atoms with Gasteiger partial charge in [0.15, 0.2) is 0 Å². The van der Waals surface area contributed by atoms with E-state index in [0.29, 0.717) is 10.0 Å². The van der Waals surface area contributed by atoms with Crippen molar-refractivity contribution in [1.82, 2.24) is 5.32 Å². The summed E-state index contributed by atoms with van der Waals surface area (Å²) < 4.78 is 1.04. The molecule has 20 heavy (non-hydrogen) atoms. The Kier molecular flexibility index (Phi) is 5.99. The molecule has 0 spiro atoms. The quantitative estimate of drug-likeness (QED) is 0.580. The number of nitrogens with one attached hydrogen (secondary N) is 1. The van der Waals surface area contributed by atoms with Crippen molar-refractivity contribution in [2.24, 2.45) is 0 Å². The molecule has 0 amide bonds. The highest BCUT2D eigenvalue weighted by Gasteiger charge is 2.15. The average Bonchev–Trinajstić information content (AvgIpc) is 2.43. The van der Waals surface area contributed by atoms with Crippen molar-refractivity contribution < 1.29 is 0 Å². The van der Waals surface area contributed by atoms with Gasteiger partial charge in [-0.15, -0.1) is 0 Å². The molecule has 0 saturated carbocycles. The Hall–Kier alpha value is -0.000000000000000167. The monoisotopic (exact) mass is 439 g/mol. The maximum absolute atomic E-state index is 6.22. The first-order chi connectivity index (χ1) is 9.52. The van der Waals surface area contributed by atoms with Gasteiger partial charge in [-0.1, -0.05) is 53.9 Å². The molecule has 0 bridgehead atoms. The van der Waals surface area contributed by atoms with E-state index in [1.807, 2.05) is 30.3 Å². The first-order valence-corrected chi connectivity index (χ1v) is 8.37. The van der Waals surface area contributed by atoms with Gasteiger partial charge < -0.3 is 5.32 Å². The van der Waals surface area contributed by atoms with Gasteiger partial charge in [0, 0.05) is 3.57 Å². The zero-order valence-corrected chi connectivity index (χ0v) is 15.2. The van der Waals surface area contributed by atoms with Crippen LogP contribution in [-0.4, -0.2) is 6.54 Å². The van der Waals surface area contributed by atoms with E-state index in [1.165, 1.54) is 0 Å². The van der Waals surface area contributed by atoms with Crippen LogP contribution < -0.4 is 5.32 Å². The number of hydrogen-bond donors (Lipinski definition) is 1. The van der Waals surface area contributed by atoms with E-state index in [0.717, 1.165) is 26.3 Å². The molecule has 0 aromatic heterocycles. The molecular formula is C15H13Cl3IN. The Morgan fingerprint density at radius 3 is 2.10 bits per heavy atom. The molecule has 0 heterocycles. The first kappa shape index (κ1) is 16.4. The van der Waals surface area contributed by atoms with Crippen LogP contribution in [0.5, 0.6) is 0 Å². The summed E-state index contributed by atoms with van der Waals surface area (Å²) >= 11 is 20.5. The van der Waals surface area contributed by atoms with Crippen molar-refractivity contribution in [1.29, 1.82) is 0 Å². The van der Waals surface area contributed by atoms with Crippen LogP contribution in [0, 0.1) is 3.57 Å². The highest BCUT2D eigenvalue weighted by molar-refractivity contribution is 14.1. The van der Waals surface area contributed by atoms with Crippen molar-refractivity contribution in [3.63, 3.8) is 0 Å². The second kappa shape index (κ2) is 7.32. The van der Waals surface area contributed by atoms with E-state index in [1.54, 1.807) is 0 Å². The molecule has 1 N–H and O–H groups in total. The Morgan fingerprint density at radius 2 is 1.55 bits per heavy atom. The fourth-order valence-electron chi connectivity index (χ4n) is 2.02. The lowest BCUT2D eigenvalue weighted by atomic mass is 9.99. The standard InChI is InChI=1S/C15H13Cl3IN/c1-2-20-15(9-3-5-11(16)12(17)7-9)10-4-6-14(19)13(18)8-10/h3-8,15,20H,2H2,1H3. The van der Waals surface area contributed by atoms with Crippen LogP contribution in [0.15, 0.2) is 36.4 Å². The SMILES string of the molecule is CCNC(c1ccc(Cl)c(Cl)c1)c1ccc(I)c(Cl)c1. The summed E-state index contributed by atoms with van der Waals surface area (Å²) in [6.07, 6.45) is 0. The van der Waals surface area contributed by atoms with E-state index < -0.39 is 0 Å². The van der Waals surface area contributed by atoms with Crippen LogP contribution in [0.25, 0.3) is 0 Å². The lowest BCUT2D eigenvalue weighted by molar-refractivity contribution is 0.630. The fourth-order valence-corrected chi connectivity index (χ4v) is 2.85. The second-order valence-corrected chi connectivity index (χ2v) is 6.72. The molecule has 0 saturated heterocycles. The minimum absolute atomic E-state index is 0.0456. The molecule has 0 fully saturated rings. The maximum Gasteiger partial charge on any atom is 0.0595 e. The summed E-state index contributed by atoms with van der Waals surface area (Å²) in [5, 5.41) is 5.32. The smallest absolute Gasteiger partial charge is 0.0595 e. The van der Waals surface area contributed by atoms with Crippen molar-refractivity contribution in [3.8, 4) is 0 Å². The highest BCUT2D eigenvalue weighted by atomic mass is 127. The molecule has 0 radical (unpaired) electrons. The topological polar surface area (TPSA) is 12.0 Å². The van der Waals surface area contributed by atoms with Gasteiger partial charge in [0.05, 0.1) is 21.1 Å². The summed E-state index contributed by atoms with van der Waals surface area (Å²) in [4.78, 5) is 0. The molecule has 1 atom stereocenters. The van der Waals surface area contributed by atoms with Crippen molar-refractivity contribution in [2.75, 3.05) is 6.54 Å². The normalized spacial score (nSPS) is 12.4. The molecule has 0 aliphatic carbocycles. The Balaban J connectivity index is 2.44. The van der Waals surface area contributed by atoms with Crippen molar-refractivity contribution >= 4 is 57.4 Å². The van der Waals surface area contributed by atoms with Gasteiger partial charge in [-0.2, -0.15) is 0 Å². The van der Waals surface area contributed by atoms with Gasteiger partial charge in [-0.25, -0.2) is 0 Å². The van der Waals surface area contributed by atoms with Crippen LogP contribution in [0.2, 0.25) is 15.1 Å². The number of rotatable bonds is 4. The third-order valence-corrected chi connectivity index (χ3v) is 5.27. The van der Waals surface area contributed by atoms with E-state index in [4.69, 9.17) is 34.8 Å². The Labute approximate surface area is 147 Å². The highest BCUT2D eigenvalue weighted by Crippen LogP contribution is 2.31. The summed E-state index contributed by atoms with van der Waals surface area (Å²) in [6, 6.07) is 11.8. The largest absolute Gasteiger partial charge is 0.307 e. The maximum atomic E-state index is 6.22. The molecule has 0 aliphatic rings. The molecule has 2 aromatic carbocycles. The molecule has 106 valence electrons. The van der Waals surface area contributed by atoms with Crippen LogP contribution >= 0.6 is 57.4 Å². The number of hydrogen-bond acceptors (Lipinski definition) is 1. The van der Waals surface area contributed by atoms with Crippen LogP contribution in [-0.2, 0) is 0 Å². The molecular weight excluding hydrogens is 427 g/mol. The summed E-state index contributed by atoms with van der Waals surface area (Å²) in [5.74, 6) is 0. The van der Waals surface area contributed by atoms with Gasteiger partial charge >= 0.3 is 0 Å². The average molecular weight is 441 g/mol. The van der Waals surface area contributed by atoms with Crippen LogP contribution in [0.4, 0.5) is 0 Å². The minimum Gasteiger partial charge on any atom is -0.307 e. The third kappa shape index (κ3) is 3.80. The van der Waals surface area contributed by atoms with Gasteiger partial charge in [0.2, 0.25) is 0 Å². The Bertz CT molecular complexity index is 565. The molecule has 0 aliphatic heterocycles. The minimum atomic E-state index is 0.0456. The predicted molar refractivity (Wildman–Crippen MR) is 96.2 cm³/mol. The van der Waals surface area contributed by atoms with Crippen LogP contribution in [0.3, 0.4) is 0 Å². The molecule has 2 aromatic rings. The fraction of sp³-hybridized carbons (Fsp3) is 0.200. The summed E-state index contributed by atoms with van der Waals surface area (Å²) in [7, 11) is 0. The molecule has 2 rings (SSSR count). The van der Waals surface area contributed by atoms with Crippen LogP contribution in [0.1, 0.15) is 24.1 Å². The third-order valence-electron chi connectivity index (χ3n) is 2.96. The van der Waals surface area contributed by atoms with Crippen molar-refractivity contribution in [3.05, 3.63) is 66.2 Å². The number of halogens is 4. The lowest BCUT2D eigenvalue weighted by Gasteiger charge is -2.20. The Morgan fingerprint density at radius 1 is 0.950 bits per heavy atom. The first-order valence-electron chi connectivity index (χ1n) is 6.16. The molecule has 1 nitrogen and oxygen atoms in total. The van der Waals surface area contributed by atoms with E-state index in [2.05, 4.69) is 40.9 Å². The summed E-state index contributed by atoms with van der Waals surface area (Å²) in [5.41, 5.74) is 2.18.